The maximum Gasteiger partial charge on any atom is 0.305 e. The van der Waals surface area contributed by atoms with Crippen LogP contribution in [0, 0.1) is 0 Å². The fraction of sp³-hybridized carbons (Fsp3) is 0.222. The van der Waals surface area contributed by atoms with E-state index in [1.165, 1.54) is 0 Å². The highest BCUT2D eigenvalue weighted by atomic mass is 79.9. The van der Waals surface area contributed by atoms with E-state index >= 15 is 0 Å². The molecule has 0 saturated carbocycles. The monoisotopic (exact) mass is 258 g/mol. The molecular formula is C9H11BrN2O2. The predicted octanol–water partition coefficient (Wildman–Crippen LogP) is 1.51. The molecule has 14 heavy (non-hydrogen) atoms. The van der Waals surface area contributed by atoms with Crippen molar-refractivity contribution in [1.82, 2.24) is 0 Å². The number of rotatable bonds is 3. The van der Waals surface area contributed by atoms with Gasteiger partial charge < -0.3 is 16.6 Å². The number of hydrogen-bond donors (Lipinski definition) is 3. The van der Waals surface area contributed by atoms with Crippen LogP contribution < -0.4 is 11.5 Å². The Bertz CT molecular complexity index is 334. The number of anilines is 1. The number of carbonyl (C=O) groups is 1. The van der Waals surface area contributed by atoms with Crippen molar-refractivity contribution in [1.29, 1.82) is 0 Å². The van der Waals surface area contributed by atoms with Crippen molar-refractivity contribution in [2.45, 2.75) is 12.5 Å². The second-order valence-electron chi connectivity index (χ2n) is 2.95. The summed E-state index contributed by atoms with van der Waals surface area (Å²) in [6.45, 7) is 0. The molecular weight excluding hydrogens is 248 g/mol. The maximum absolute atomic E-state index is 10.5. The second kappa shape index (κ2) is 4.43. The molecule has 0 unspecified atom stereocenters. The van der Waals surface area contributed by atoms with Crippen LogP contribution in [0.1, 0.15) is 18.0 Å². The highest BCUT2D eigenvalue weighted by molar-refractivity contribution is 9.10. The van der Waals surface area contributed by atoms with Crippen molar-refractivity contribution in [2.24, 2.45) is 5.73 Å². The third-order valence-corrected chi connectivity index (χ3v) is 2.54. The summed E-state index contributed by atoms with van der Waals surface area (Å²) in [5.41, 5.74) is 12.6. The van der Waals surface area contributed by atoms with Gasteiger partial charge in [0.2, 0.25) is 0 Å². The first kappa shape index (κ1) is 11.0. The Morgan fingerprint density at radius 3 is 2.71 bits per heavy atom. The molecule has 0 fully saturated rings. The minimum Gasteiger partial charge on any atom is -0.481 e. The number of carboxylic acid groups (broad SMARTS) is 1. The van der Waals surface area contributed by atoms with Crippen molar-refractivity contribution >= 4 is 27.6 Å². The van der Waals surface area contributed by atoms with Crippen LogP contribution in [0.5, 0.6) is 0 Å². The lowest BCUT2D eigenvalue weighted by atomic mass is 10.0. The Labute approximate surface area is 90.0 Å². The number of hydrogen-bond acceptors (Lipinski definition) is 3. The van der Waals surface area contributed by atoms with Crippen molar-refractivity contribution in [3.05, 3.63) is 28.2 Å². The van der Waals surface area contributed by atoms with Crippen LogP contribution in [0.15, 0.2) is 22.7 Å². The molecule has 1 aromatic carbocycles. The first-order valence-electron chi connectivity index (χ1n) is 4.03. The van der Waals surface area contributed by atoms with E-state index in [9.17, 15) is 4.79 Å². The van der Waals surface area contributed by atoms with E-state index in [2.05, 4.69) is 15.9 Å². The third kappa shape index (κ3) is 2.46. The van der Waals surface area contributed by atoms with Gasteiger partial charge in [-0.15, -0.1) is 0 Å². The molecule has 0 heterocycles. The van der Waals surface area contributed by atoms with Gasteiger partial charge in [0.15, 0.2) is 0 Å². The van der Waals surface area contributed by atoms with Gasteiger partial charge >= 0.3 is 5.97 Å². The number of carboxylic acids is 1. The molecule has 4 nitrogen and oxygen atoms in total. The van der Waals surface area contributed by atoms with Crippen LogP contribution in [0.2, 0.25) is 0 Å². The summed E-state index contributed by atoms with van der Waals surface area (Å²) in [6, 6.07) is 4.68. The fourth-order valence-corrected chi connectivity index (χ4v) is 1.91. The van der Waals surface area contributed by atoms with E-state index in [4.69, 9.17) is 16.6 Å². The Morgan fingerprint density at radius 1 is 1.57 bits per heavy atom. The molecule has 1 aromatic rings. The zero-order chi connectivity index (χ0) is 10.7. The van der Waals surface area contributed by atoms with Crippen LogP contribution in [0.3, 0.4) is 0 Å². The Morgan fingerprint density at radius 2 is 2.21 bits per heavy atom. The summed E-state index contributed by atoms with van der Waals surface area (Å²) in [5.74, 6) is -0.937. The van der Waals surface area contributed by atoms with Gasteiger partial charge in [0.05, 0.1) is 6.42 Å². The second-order valence-corrected chi connectivity index (χ2v) is 3.80. The average Bonchev–Trinajstić information content (AvgIpc) is 2.01. The zero-order valence-electron chi connectivity index (χ0n) is 7.40. The van der Waals surface area contributed by atoms with Gasteiger partial charge in [0.1, 0.15) is 0 Å². The largest absolute Gasteiger partial charge is 0.481 e. The SMILES string of the molecule is Nc1cccc(Br)c1[C@@H](N)CC(=O)O. The van der Waals surface area contributed by atoms with Gasteiger partial charge in [-0.05, 0) is 12.1 Å². The van der Waals surface area contributed by atoms with Gasteiger partial charge in [-0.3, -0.25) is 4.79 Å². The van der Waals surface area contributed by atoms with Gasteiger partial charge in [-0.1, -0.05) is 22.0 Å². The molecule has 1 atom stereocenters. The summed E-state index contributed by atoms with van der Waals surface area (Å²) >= 11 is 3.28. The number of benzene rings is 1. The van der Waals surface area contributed by atoms with Gasteiger partial charge in [-0.2, -0.15) is 0 Å². The van der Waals surface area contributed by atoms with Crippen LogP contribution in [-0.4, -0.2) is 11.1 Å². The van der Waals surface area contributed by atoms with Crippen molar-refractivity contribution < 1.29 is 9.90 Å². The minimum absolute atomic E-state index is 0.132. The lowest BCUT2D eigenvalue weighted by Gasteiger charge is -2.13. The van der Waals surface area contributed by atoms with Crippen LogP contribution in [0.4, 0.5) is 5.69 Å². The molecule has 0 aliphatic carbocycles. The highest BCUT2D eigenvalue weighted by Gasteiger charge is 2.15. The molecule has 0 bridgehead atoms. The molecule has 0 radical (unpaired) electrons. The van der Waals surface area contributed by atoms with Crippen LogP contribution in [0.25, 0.3) is 0 Å². The van der Waals surface area contributed by atoms with Crippen molar-refractivity contribution in [2.75, 3.05) is 5.73 Å². The molecule has 0 saturated heterocycles. The lowest BCUT2D eigenvalue weighted by Crippen LogP contribution is -2.17. The van der Waals surface area contributed by atoms with Gasteiger partial charge in [0, 0.05) is 21.8 Å². The molecule has 0 spiro atoms. The number of halogens is 1. The number of nitrogens with two attached hydrogens (primary N) is 2. The molecule has 0 aliphatic heterocycles. The summed E-state index contributed by atoms with van der Waals surface area (Å²) in [6.07, 6.45) is -0.132. The predicted molar refractivity (Wildman–Crippen MR) is 57.7 cm³/mol. The smallest absolute Gasteiger partial charge is 0.305 e. The third-order valence-electron chi connectivity index (χ3n) is 1.85. The standard InChI is InChI=1S/C9H11BrN2O2/c10-5-2-1-3-6(11)9(5)7(12)4-8(13)14/h1-3,7H,4,11-12H2,(H,13,14)/t7-/m0/s1. The minimum atomic E-state index is -0.937. The molecule has 76 valence electrons. The molecule has 1 rings (SSSR count). The first-order chi connectivity index (χ1) is 6.52. The summed E-state index contributed by atoms with van der Waals surface area (Å²) in [7, 11) is 0. The normalized spacial score (nSPS) is 12.4. The molecule has 0 aliphatic rings. The molecule has 0 aromatic heterocycles. The zero-order valence-corrected chi connectivity index (χ0v) is 8.99. The first-order valence-corrected chi connectivity index (χ1v) is 4.83. The summed E-state index contributed by atoms with van der Waals surface area (Å²) in [4.78, 5) is 10.5. The summed E-state index contributed by atoms with van der Waals surface area (Å²) < 4.78 is 0.742. The van der Waals surface area contributed by atoms with Crippen LogP contribution in [-0.2, 0) is 4.79 Å². The van der Waals surface area contributed by atoms with E-state index in [0.717, 1.165) is 4.47 Å². The Kier molecular flexibility index (Phi) is 3.49. The van der Waals surface area contributed by atoms with E-state index in [1.807, 2.05) is 0 Å². The molecule has 5 heteroatoms. The van der Waals surface area contributed by atoms with E-state index in [-0.39, 0.29) is 6.42 Å². The van der Waals surface area contributed by atoms with Crippen molar-refractivity contribution in [3.63, 3.8) is 0 Å². The number of aliphatic carboxylic acids is 1. The Balaban J connectivity index is 2.99. The van der Waals surface area contributed by atoms with Gasteiger partial charge in [-0.25, -0.2) is 0 Å². The maximum atomic E-state index is 10.5. The van der Waals surface area contributed by atoms with E-state index < -0.39 is 12.0 Å². The van der Waals surface area contributed by atoms with E-state index in [0.29, 0.717) is 11.3 Å². The lowest BCUT2D eigenvalue weighted by molar-refractivity contribution is -0.137. The molecule has 5 N–H and O–H groups in total. The molecule has 0 amide bonds. The van der Waals surface area contributed by atoms with E-state index in [1.54, 1.807) is 18.2 Å². The summed E-state index contributed by atoms with van der Waals surface area (Å²) in [5, 5.41) is 8.59. The van der Waals surface area contributed by atoms with Crippen molar-refractivity contribution in [3.8, 4) is 0 Å². The van der Waals surface area contributed by atoms with Gasteiger partial charge in [0.25, 0.3) is 0 Å². The highest BCUT2D eigenvalue weighted by Crippen LogP contribution is 2.29. The Hall–Kier alpha value is -1.07. The quantitative estimate of drug-likeness (QED) is 0.717. The van der Waals surface area contributed by atoms with Crippen LogP contribution >= 0.6 is 15.9 Å². The fourth-order valence-electron chi connectivity index (χ4n) is 1.24. The topological polar surface area (TPSA) is 89.3 Å². The number of nitrogen functional groups attached to an aromatic ring is 1. The average molecular weight is 259 g/mol.